The summed E-state index contributed by atoms with van der Waals surface area (Å²) in [5.74, 6) is 0.827. The number of hydrogen-bond donors (Lipinski definition) is 0. The lowest BCUT2D eigenvalue weighted by Crippen LogP contribution is -2.40. The van der Waals surface area contributed by atoms with Gasteiger partial charge in [0.25, 0.3) is 0 Å². The zero-order valence-corrected chi connectivity index (χ0v) is 11.6. The summed E-state index contributed by atoms with van der Waals surface area (Å²) in [6.07, 6.45) is 0.616. The first kappa shape index (κ1) is 15.4. The lowest BCUT2D eigenvalue weighted by molar-refractivity contribution is -0.131. The number of nitrogens with zero attached hydrogens (tertiary/aromatic N) is 2. The molecule has 0 saturated carbocycles. The molecule has 3 heteroatoms. The third-order valence-electron chi connectivity index (χ3n) is 2.82. The van der Waals surface area contributed by atoms with Gasteiger partial charge in [-0.25, -0.2) is 0 Å². The minimum absolute atomic E-state index is 0.279. The van der Waals surface area contributed by atoms with E-state index in [0.717, 1.165) is 32.7 Å². The van der Waals surface area contributed by atoms with Crippen LogP contribution in [0.3, 0.4) is 0 Å². The van der Waals surface area contributed by atoms with Gasteiger partial charge in [0.05, 0.1) is 0 Å². The number of likely N-dealkylation sites (N-methyl/N-ethyl adjacent to an activating group) is 1. The maximum Gasteiger partial charge on any atom is 0.222 e. The first-order valence-electron chi connectivity index (χ1n) is 6.55. The zero-order chi connectivity index (χ0) is 12.6. The van der Waals surface area contributed by atoms with Crippen molar-refractivity contribution in [3.05, 3.63) is 0 Å². The fourth-order valence-electron chi connectivity index (χ4n) is 1.78. The predicted octanol–water partition coefficient (Wildman–Crippen LogP) is 2.22. The number of carbonyl (C=O) groups is 1. The van der Waals surface area contributed by atoms with Crippen molar-refractivity contribution < 1.29 is 4.79 Å². The molecule has 0 rings (SSSR count). The molecule has 0 bridgehead atoms. The van der Waals surface area contributed by atoms with Gasteiger partial charge >= 0.3 is 0 Å². The van der Waals surface area contributed by atoms with Gasteiger partial charge in [-0.1, -0.05) is 34.6 Å². The molecule has 96 valence electrons. The molecule has 0 aromatic rings. The van der Waals surface area contributed by atoms with Crippen LogP contribution in [0, 0.1) is 5.92 Å². The van der Waals surface area contributed by atoms with Gasteiger partial charge in [-0.05, 0) is 19.0 Å². The van der Waals surface area contributed by atoms with Crippen LogP contribution in [0.25, 0.3) is 0 Å². The van der Waals surface area contributed by atoms with Crippen LogP contribution in [-0.4, -0.2) is 48.4 Å². The maximum absolute atomic E-state index is 11.7. The van der Waals surface area contributed by atoms with Crippen LogP contribution in [0.5, 0.6) is 0 Å². The van der Waals surface area contributed by atoms with E-state index in [1.54, 1.807) is 0 Å². The Balaban J connectivity index is 4.15. The van der Waals surface area contributed by atoms with E-state index in [1.165, 1.54) is 0 Å². The Labute approximate surface area is 101 Å². The molecule has 3 nitrogen and oxygen atoms in total. The molecule has 0 N–H and O–H groups in total. The summed E-state index contributed by atoms with van der Waals surface area (Å²) in [5, 5.41) is 0. The average molecular weight is 228 g/mol. The zero-order valence-electron chi connectivity index (χ0n) is 11.6. The number of carbonyl (C=O) groups excluding carboxylic acids is 1. The average Bonchev–Trinajstić information content (AvgIpc) is 2.27. The fraction of sp³-hybridized carbons (Fsp3) is 0.923. The van der Waals surface area contributed by atoms with Crippen molar-refractivity contribution in [2.24, 2.45) is 5.92 Å². The molecule has 0 aliphatic carbocycles. The van der Waals surface area contributed by atoms with Crippen LogP contribution >= 0.6 is 0 Å². The number of rotatable bonds is 8. The van der Waals surface area contributed by atoms with E-state index in [1.807, 2.05) is 11.8 Å². The van der Waals surface area contributed by atoms with E-state index in [2.05, 4.69) is 32.6 Å². The largest absolute Gasteiger partial charge is 0.341 e. The Morgan fingerprint density at radius 2 is 1.62 bits per heavy atom. The lowest BCUT2D eigenvalue weighted by atomic mass is 10.2. The van der Waals surface area contributed by atoms with Gasteiger partial charge in [0.2, 0.25) is 5.91 Å². The van der Waals surface area contributed by atoms with Gasteiger partial charge in [-0.2, -0.15) is 0 Å². The Morgan fingerprint density at radius 3 is 2.00 bits per heavy atom. The van der Waals surface area contributed by atoms with E-state index < -0.39 is 0 Å². The van der Waals surface area contributed by atoms with Crippen molar-refractivity contribution in [1.29, 1.82) is 0 Å². The van der Waals surface area contributed by atoms with Crippen LogP contribution in [0.4, 0.5) is 0 Å². The van der Waals surface area contributed by atoms with Gasteiger partial charge in [0.1, 0.15) is 0 Å². The first-order chi connectivity index (χ1) is 7.54. The van der Waals surface area contributed by atoms with Crippen molar-refractivity contribution in [2.45, 2.75) is 41.0 Å². The lowest BCUT2D eigenvalue weighted by Gasteiger charge is -2.27. The van der Waals surface area contributed by atoms with E-state index in [9.17, 15) is 4.79 Å². The van der Waals surface area contributed by atoms with Crippen LogP contribution in [-0.2, 0) is 4.79 Å². The molecule has 0 spiro atoms. The molecule has 0 atom stereocenters. The summed E-state index contributed by atoms with van der Waals surface area (Å²) in [5.41, 5.74) is 0. The SMILES string of the molecule is CCC(=O)N(CCN(CC)CC)CC(C)C. The molecule has 16 heavy (non-hydrogen) atoms. The molecular weight excluding hydrogens is 200 g/mol. The van der Waals surface area contributed by atoms with E-state index in [4.69, 9.17) is 0 Å². The molecule has 0 heterocycles. The summed E-state index contributed by atoms with van der Waals surface area (Å²) in [6.45, 7) is 15.5. The highest BCUT2D eigenvalue weighted by atomic mass is 16.2. The van der Waals surface area contributed by atoms with Gasteiger partial charge in [0.15, 0.2) is 0 Å². The Morgan fingerprint density at radius 1 is 1.06 bits per heavy atom. The summed E-state index contributed by atoms with van der Waals surface area (Å²) in [7, 11) is 0. The van der Waals surface area contributed by atoms with Crippen molar-refractivity contribution in [1.82, 2.24) is 9.80 Å². The van der Waals surface area contributed by atoms with E-state index in [0.29, 0.717) is 12.3 Å². The standard InChI is InChI=1S/C13H28N2O/c1-6-13(16)15(11-12(4)5)10-9-14(7-2)8-3/h12H,6-11H2,1-5H3. The second-order valence-corrected chi connectivity index (χ2v) is 4.61. The van der Waals surface area contributed by atoms with Crippen molar-refractivity contribution >= 4 is 5.91 Å². The smallest absolute Gasteiger partial charge is 0.222 e. The fourth-order valence-corrected chi connectivity index (χ4v) is 1.78. The monoisotopic (exact) mass is 228 g/mol. The van der Waals surface area contributed by atoms with Crippen molar-refractivity contribution in [3.8, 4) is 0 Å². The normalized spacial score (nSPS) is 11.2. The third kappa shape index (κ3) is 6.11. The molecule has 0 fully saturated rings. The molecular formula is C13H28N2O. The minimum Gasteiger partial charge on any atom is -0.341 e. The highest BCUT2D eigenvalue weighted by molar-refractivity contribution is 5.75. The van der Waals surface area contributed by atoms with Gasteiger partial charge in [-0.3, -0.25) is 4.79 Å². The predicted molar refractivity (Wildman–Crippen MR) is 69.5 cm³/mol. The molecule has 0 aliphatic rings. The number of hydrogen-bond acceptors (Lipinski definition) is 2. The maximum atomic E-state index is 11.7. The topological polar surface area (TPSA) is 23.6 Å². The Hall–Kier alpha value is -0.570. The second-order valence-electron chi connectivity index (χ2n) is 4.61. The molecule has 0 aliphatic heterocycles. The summed E-state index contributed by atoms with van der Waals surface area (Å²) < 4.78 is 0. The van der Waals surface area contributed by atoms with Crippen LogP contribution < -0.4 is 0 Å². The Kier molecular flexibility index (Phi) is 8.26. The van der Waals surface area contributed by atoms with Gasteiger partial charge in [0, 0.05) is 26.1 Å². The third-order valence-corrected chi connectivity index (χ3v) is 2.82. The van der Waals surface area contributed by atoms with Gasteiger partial charge < -0.3 is 9.80 Å². The minimum atomic E-state index is 0.279. The highest BCUT2D eigenvalue weighted by Crippen LogP contribution is 2.02. The van der Waals surface area contributed by atoms with E-state index in [-0.39, 0.29) is 5.91 Å². The van der Waals surface area contributed by atoms with Crippen LogP contribution in [0.1, 0.15) is 41.0 Å². The molecule has 1 amide bonds. The first-order valence-corrected chi connectivity index (χ1v) is 6.55. The quantitative estimate of drug-likeness (QED) is 0.636. The highest BCUT2D eigenvalue weighted by Gasteiger charge is 2.13. The molecule has 0 aromatic carbocycles. The Bertz CT molecular complexity index is 188. The summed E-state index contributed by atoms with van der Waals surface area (Å²) in [6, 6.07) is 0. The van der Waals surface area contributed by atoms with Crippen molar-refractivity contribution in [2.75, 3.05) is 32.7 Å². The summed E-state index contributed by atoms with van der Waals surface area (Å²) in [4.78, 5) is 16.1. The molecule has 0 saturated heterocycles. The number of amides is 1. The van der Waals surface area contributed by atoms with E-state index >= 15 is 0 Å². The van der Waals surface area contributed by atoms with Crippen molar-refractivity contribution in [3.63, 3.8) is 0 Å². The molecule has 0 unspecified atom stereocenters. The summed E-state index contributed by atoms with van der Waals surface area (Å²) >= 11 is 0. The molecule has 0 radical (unpaired) electrons. The second kappa shape index (κ2) is 8.57. The van der Waals surface area contributed by atoms with Gasteiger partial charge in [-0.15, -0.1) is 0 Å². The van der Waals surface area contributed by atoms with Crippen LogP contribution in [0.15, 0.2) is 0 Å². The van der Waals surface area contributed by atoms with Crippen LogP contribution in [0.2, 0.25) is 0 Å². The molecule has 0 aromatic heterocycles.